The summed E-state index contributed by atoms with van der Waals surface area (Å²) < 4.78 is 8.07. The summed E-state index contributed by atoms with van der Waals surface area (Å²) >= 11 is 1.57. The first-order valence-corrected chi connectivity index (χ1v) is 10.1. The third-order valence-electron chi connectivity index (χ3n) is 4.22. The van der Waals surface area contributed by atoms with Crippen molar-refractivity contribution < 1.29 is 14.3 Å². The first-order chi connectivity index (χ1) is 13.5. The molecule has 0 aliphatic heterocycles. The van der Waals surface area contributed by atoms with Crippen molar-refractivity contribution in [2.24, 2.45) is 0 Å². The number of nitrogens with one attached hydrogen (secondary N) is 1. The zero-order chi connectivity index (χ0) is 19.9. The molecule has 0 atom stereocenters. The number of hydrogen-bond acceptors (Lipinski definition) is 6. The Hall–Kier alpha value is -2.74. The van der Waals surface area contributed by atoms with Crippen LogP contribution in [0.4, 0.5) is 0 Å². The Morgan fingerprint density at radius 2 is 2.07 bits per heavy atom. The lowest BCUT2D eigenvalue weighted by Crippen LogP contribution is -2.30. The van der Waals surface area contributed by atoms with Crippen molar-refractivity contribution in [2.45, 2.75) is 39.7 Å². The number of nitrogens with zero attached hydrogens (tertiary/aromatic N) is 3. The average molecular weight is 401 g/mol. The molecule has 1 amide bonds. The van der Waals surface area contributed by atoms with Crippen molar-refractivity contribution in [1.29, 1.82) is 0 Å². The lowest BCUT2D eigenvalue weighted by Gasteiger charge is -2.07. The topological polar surface area (TPSA) is 86.1 Å². The molecule has 1 aromatic carbocycles. The Balaban J connectivity index is 1.30. The SMILES string of the molecule is Cc1cc(C)n(CCCNC(=O)COC(=O)CCc2nc3ccccc3s2)n1. The molecular weight excluding hydrogens is 376 g/mol. The highest BCUT2D eigenvalue weighted by molar-refractivity contribution is 7.18. The van der Waals surface area contributed by atoms with Gasteiger partial charge >= 0.3 is 5.97 Å². The second-order valence-electron chi connectivity index (χ2n) is 6.59. The van der Waals surface area contributed by atoms with E-state index in [0.29, 0.717) is 13.0 Å². The highest BCUT2D eigenvalue weighted by atomic mass is 32.1. The Morgan fingerprint density at radius 1 is 1.25 bits per heavy atom. The number of benzene rings is 1. The second kappa shape index (κ2) is 9.45. The summed E-state index contributed by atoms with van der Waals surface area (Å²) in [6.07, 6.45) is 1.49. The zero-order valence-electron chi connectivity index (χ0n) is 16.1. The van der Waals surface area contributed by atoms with Gasteiger partial charge in [0.2, 0.25) is 0 Å². The number of fused-ring (bicyclic) bond motifs is 1. The van der Waals surface area contributed by atoms with Gasteiger partial charge < -0.3 is 10.1 Å². The van der Waals surface area contributed by atoms with Crippen LogP contribution in [0.5, 0.6) is 0 Å². The smallest absolute Gasteiger partial charge is 0.306 e. The minimum atomic E-state index is -0.392. The van der Waals surface area contributed by atoms with Gasteiger partial charge in [-0.15, -0.1) is 11.3 Å². The quantitative estimate of drug-likeness (QED) is 0.441. The summed E-state index contributed by atoms with van der Waals surface area (Å²) in [5.41, 5.74) is 3.03. The number of thiazole rings is 1. The van der Waals surface area contributed by atoms with Gasteiger partial charge in [0.25, 0.3) is 5.91 Å². The summed E-state index contributed by atoms with van der Waals surface area (Å²) in [5.74, 6) is -0.682. The minimum Gasteiger partial charge on any atom is -0.456 e. The van der Waals surface area contributed by atoms with E-state index in [0.717, 1.165) is 39.6 Å². The molecule has 1 N–H and O–H groups in total. The van der Waals surface area contributed by atoms with E-state index in [-0.39, 0.29) is 18.9 Å². The third-order valence-corrected chi connectivity index (χ3v) is 5.31. The molecule has 148 valence electrons. The third kappa shape index (κ3) is 5.63. The van der Waals surface area contributed by atoms with Gasteiger partial charge in [0.15, 0.2) is 6.61 Å². The molecule has 2 aromatic heterocycles. The fourth-order valence-electron chi connectivity index (χ4n) is 2.86. The molecule has 0 fully saturated rings. The maximum atomic E-state index is 11.9. The molecule has 3 rings (SSSR count). The molecule has 2 heterocycles. The molecule has 0 radical (unpaired) electrons. The summed E-state index contributed by atoms with van der Waals surface area (Å²) in [6.45, 7) is 4.96. The van der Waals surface area contributed by atoms with E-state index in [1.807, 2.05) is 48.9 Å². The van der Waals surface area contributed by atoms with E-state index in [4.69, 9.17) is 4.74 Å². The van der Waals surface area contributed by atoms with Gasteiger partial charge in [-0.25, -0.2) is 4.98 Å². The Labute approximate surface area is 167 Å². The van der Waals surface area contributed by atoms with Crippen LogP contribution in [0, 0.1) is 13.8 Å². The average Bonchev–Trinajstić information content (AvgIpc) is 3.23. The summed E-state index contributed by atoms with van der Waals surface area (Å²) in [6, 6.07) is 9.89. The molecule has 28 heavy (non-hydrogen) atoms. The van der Waals surface area contributed by atoms with Crippen LogP contribution in [0.2, 0.25) is 0 Å². The number of para-hydroxylation sites is 1. The molecule has 8 heteroatoms. The molecule has 0 aliphatic carbocycles. The fraction of sp³-hybridized carbons (Fsp3) is 0.400. The molecule has 0 saturated carbocycles. The van der Waals surface area contributed by atoms with Gasteiger partial charge in [-0.05, 0) is 38.5 Å². The van der Waals surface area contributed by atoms with Crippen LogP contribution < -0.4 is 5.32 Å². The van der Waals surface area contributed by atoms with Crippen molar-refractivity contribution in [2.75, 3.05) is 13.2 Å². The molecule has 7 nitrogen and oxygen atoms in total. The summed E-state index contributed by atoms with van der Waals surface area (Å²) in [4.78, 5) is 28.1. The fourth-order valence-corrected chi connectivity index (χ4v) is 3.83. The Kier molecular flexibility index (Phi) is 6.76. The predicted molar refractivity (Wildman–Crippen MR) is 108 cm³/mol. The van der Waals surface area contributed by atoms with Crippen LogP contribution in [-0.4, -0.2) is 39.8 Å². The van der Waals surface area contributed by atoms with Gasteiger partial charge in [-0.3, -0.25) is 14.3 Å². The Bertz CT molecular complexity index is 930. The van der Waals surface area contributed by atoms with Crippen LogP contribution in [0.25, 0.3) is 10.2 Å². The molecule has 0 spiro atoms. The lowest BCUT2D eigenvalue weighted by atomic mass is 10.3. The van der Waals surface area contributed by atoms with Gasteiger partial charge in [0.1, 0.15) is 0 Å². The van der Waals surface area contributed by atoms with Crippen molar-refractivity contribution in [3.8, 4) is 0 Å². The van der Waals surface area contributed by atoms with E-state index in [1.165, 1.54) is 0 Å². The highest BCUT2D eigenvalue weighted by Crippen LogP contribution is 2.22. The molecular formula is C20H24N4O3S. The van der Waals surface area contributed by atoms with Crippen molar-refractivity contribution in [3.63, 3.8) is 0 Å². The number of hydrogen-bond donors (Lipinski definition) is 1. The van der Waals surface area contributed by atoms with Crippen LogP contribution in [0.1, 0.15) is 29.2 Å². The molecule has 0 bridgehead atoms. The number of carbonyl (C=O) groups is 2. The highest BCUT2D eigenvalue weighted by Gasteiger charge is 2.10. The van der Waals surface area contributed by atoms with Crippen molar-refractivity contribution in [3.05, 3.63) is 46.7 Å². The summed E-state index contributed by atoms with van der Waals surface area (Å²) in [7, 11) is 0. The van der Waals surface area contributed by atoms with Crippen LogP contribution in [-0.2, 0) is 27.3 Å². The first-order valence-electron chi connectivity index (χ1n) is 9.29. The number of amides is 1. The van der Waals surface area contributed by atoms with Gasteiger partial charge in [-0.1, -0.05) is 12.1 Å². The van der Waals surface area contributed by atoms with E-state index in [1.54, 1.807) is 11.3 Å². The molecule has 3 aromatic rings. The normalized spacial score (nSPS) is 10.9. The first kappa shape index (κ1) is 20.0. The van der Waals surface area contributed by atoms with E-state index in [9.17, 15) is 9.59 Å². The molecule has 0 saturated heterocycles. The van der Waals surface area contributed by atoms with Gasteiger partial charge in [0, 0.05) is 25.2 Å². The van der Waals surface area contributed by atoms with E-state index in [2.05, 4.69) is 15.4 Å². The number of aryl methyl sites for hydroxylation is 4. The second-order valence-corrected chi connectivity index (χ2v) is 7.70. The minimum absolute atomic E-state index is 0.213. The number of rotatable bonds is 9. The maximum Gasteiger partial charge on any atom is 0.306 e. The Morgan fingerprint density at radius 3 is 2.82 bits per heavy atom. The standard InChI is InChI=1S/C20H24N4O3S/c1-14-12-15(2)24(23-14)11-5-10-21-18(25)13-27-20(26)9-8-19-22-16-6-3-4-7-17(16)28-19/h3-4,6-7,12H,5,8-11,13H2,1-2H3,(H,21,25). The van der Waals surface area contributed by atoms with Crippen LogP contribution >= 0.6 is 11.3 Å². The number of carbonyl (C=O) groups excluding carboxylic acids is 2. The van der Waals surface area contributed by atoms with Gasteiger partial charge in [0.05, 0.1) is 27.3 Å². The zero-order valence-corrected chi connectivity index (χ0v) is 16.9. The van der Waals surface area contributed by atoms with E-state index >= 15 is 0 Å². The predicted octanol–water partition coefficient (Wildman–Crippen LogP) is 2.79. The van der Waals surface area contributed by atoms with Crippen molar-refractivity contribution >= 4 is 33.4 Å². The molecule has 0 unspecified atom stereocenters. The van der Waals surface area contributed by atoms with E-state index < -0.39 is 5.97 Å². The maximum absolute atomic E-state index is 11.9. The largest absolute Gasteiger partial charge is 0.456 e. The van der Waals surface area contributed by atoms with Crippen LogP contribution in [0.15, 0.2) is 30.3 Å². The van der Waals surface area contributed by atoms with Crippen molar-refractivity contribution in [1.82, 2.24) is 20.1 Å². The molecule has 0 aliphatic rings. The van der Waals surface area contributed by atoms with Gasteiger partial charge in [-0.2, -0.15) is 5.10 Å². The monoisotopic (exact) mass is 400 g/mol. The van der Waals surface area contributed by atoms with Crippen LogP contribution in [0.3, 0.4) is 0 Å². The number of ether oxygens (including phenoxy) is 1. The number of esters is 1. The number of aromatic nitrogens is 3. The summed E-state index contributed by atoms with van der Waals surface area (Å²) in [5, 5.41) is 8.03. The lowest BCUT2D eigenvalue weighted by molar-refractivity contribution is -0.148.